The van der Waals surface area contributed by atoms with Gasteiger partial charge in [-0.25, -0.2) is 4.98 Å². The quantitative estimate of drug-likeness (QED) is 0.550. The van der Waals surface area contributed by atoms with Gasteiger partial charge in [-0.3, -0.25) is 0 Å². The Balaban J connectivity index is 1.99. The van der Waals surface area contributed by atoms with Crippen LogP contribution in [0, 0.1) is 11.8 Å². The zero-order chi connectivity index (χ0) is 18.7. The first-order valence-electron chi connectivity index (χ1n) is 7.87. The molecule has 0 aliphatic heterocycles. The Kier molecular flexibility index (Phi) is 4.72. The van der Waals surface area contributed by atoms with E-state index in [0.717, 1.165) is 28.9 Å². The van der Waals surface area contributed by atoms with Gasteiger partial charge in [0.1, 0.15) is 5.65 Å². The van der Waals surface area contributed by atoms with Gasteiger partial charge in [-0.05, 0) is 24.3 Å². The predicted octanol–water partition coefficient (Wildman–Crippen LogP) is 4.59. The average Bonchev–Trinajstić information content (AvgIpc) is 2.93. The van der Waals surface area contributed by atoms with Gasteiger partial charge in [0.05, 0.1) is 23.0 Å². The number of pyridine rings is 1. The number of alkyl halides is 3. The lowest BCUT2D eigenvalue weighted by Gasteiger charge is -2.05. The van der Waals surface area contributed by atoms with Gasteiger partial charge >= 0.3 is 6.18 Å². The summed E-state index contributed by atoms with van der Waals surface area (Å²) in [6, 6.07) is 6.91. The highest BCUT2D eigenvalue weighted by atomic mass is 19.4. The Bertz CT molecular complexity index is 1020. The fourth-order valence-electron chi connectivity index (χ4n) is 2.56. The molecule has 3 aromatic rings. The molecule has 0 bridgehead atoms. The monoisotopic (exact) mass is 355 g/mol. The molecule has 0 saturated heterocycles. The number of nitrogens with one attached hydrogen (secondary N) is 1. The second-order valence-electron chi connectivity index (χ2n) is 5.75. The summed E-state index contributed by atoms with van der Waals surface area (Å²) < 4.78 is 40.3. The van der Waals surface area contributed by atoms with Crippen molar-refractivity contribution in [1.29, 1.82) is 0 Å². The van der Waals surface area contributed by atoms with Gasteiger partial charge in [-0.1, -0.05) is 24.0 Å². The van der Waals surface area contributed by atoms with Gasteiger partial charge in [0, 0.05) is 30.7 Å². The second kappa shape index (κ2) is 6.96. The van der Waals surface area contributed by atoms with Crippen molar-refractivity contribution in [3.63, 3.8) is 0 Å². The molecule has 2 aromatic heterocycles. The fraction of sp³-hybridized carbons (Fsp3) is 0.150. The number of halogens is 3. The molecule has 1 N–H and O–H groups in total. The molecule has 0 fully saturated rings. The van der Waals surface area contributed by atoms with Crippen LogP contribution in [0.1, 0.15) is 16.7 Å². The minimum Gasteiger partial charge on any atom is -0.380 e. The van der Waals surface area contributed by atoms with E-state index in [2.05, 4.69) is 28.7 Å². The summed E-state index contributed by atoms with van der Waals surface area (Å²) in [7, 11) is 1.85. The normalized spacial score (nSPS) is 11.1. The summed E-state index contributed by atoms with van der Waals surface area (Å²) >= 11 is 0. The maximum absolute atomic E-state index is 12.8. The number of aromatic nitrogens is 2. The number of hydrogen-bond acceptors (Lipinski definition) is 2. The lowest BCUT2D eigenvalue weighted by atomic mass is 10.1. The summed E-state index contributed by atoms with van der Waals surface area (Å²) in [5.41, 5.74) is 1.88. The molecule has 0 unspecified atom stereocenters. The van der Waals surface area contributed by atoms with Crippen LogP contribution in [0.4, 0.5) is 18.9 Å². The first kappa shape index (κ1) is 17.6. The van der Waals surface area contributed by atoms with E-state index in [1.165, 1.54) is 6.07 Å². The van der Waals surface area contributed by atoms with E-state index in [1.54, 1.807) is 18.3 Å². The number of fused-ring (bicyclic) bond motifs is 1. The number of hydrogen-bond donors (Lipinski definition) is 1. The van der Waals surface area contributed by atoms with Crippen molar-refractivity contribution < 1.29 is 13.2 Å². The predicted molar refractivity (Wildman–Crippen MR) is 96.8 cm³/mol. The van der Waals surface area contributed by atoms with Crippen molar-refractivity contribution in [2.75, 3.05) is 11.9 Å². The van der Waals surface area contributed by atoms with Gasteiger partial charge in [-0.15, -0.1) is 6.58 Å². The fourth-order valence-corrected chi connectivity index (χ4v) is 2.56. The molecule has 0 atom stereocenters. The van der Waals surface area contributed by atoms with E-state index in [-0.39, 0.29) is 0 Å². The topological polar surface area (TPSA) is 29.9 Å². The molecule has 0 spiro atoms. The third kappa shape index (κ3) is 3.72. The maximum Gasteiger partial charge on any atom is 0.416 e. The van der Waals surface area contributed by atoms with Crippen molar-refractivity contribution in [3.05, 3.63) is 72.1 Å². The van der Waals surface area contributed by atoms with Crippen molar-refractivity contribution in [1.82, 2.24) is 9.55 Å². The number of rotatable bonds is 3. The lowest BCUT2D eigenvalue weighted by Crippen LogP contribution is -2.04. The zero-order valence-electron chi connectivity index (χ0n) is 14.1. The van der Waals surface area contributed by atoms with E-state index in [9.17, 15) is 13.2 Å². The molecule has 0 amide bonds. The SMILES string of the molecule is C=CCNc1cnc2c(c1)c(C#Cc1cccc(C(F)(F)F)c1)cn2C. The molecule has 1 aromatic carbocycles. The Morgan fingerprint density at radius 1 is 1.27 bits per heavy atom. The summed E-state index contributed by atoms with van der Waals surface area (Å²) in [5, 5.41) is 3.99. The van der Waals surface area contributed by atoms with Crippen LogP contribution < -0.4 is 5.32 Å². The summed E-state index contributed by atoms with van der Waals surface area (Å²) in [6.45, 7) is 4.26. The molecule has 132 valence electrons. The molecular weight excluding hydrogens is 339 g/mol. The number of nitrogens with zero attached hydrogens (tertiary/aromatic N) is 2. The molecule has 3 nitrogen and oxygen atoms in total. The van der Waals surface area contributed by atoms with E-state index in [4.69, 9.17) is 0 Å². The minimum atomic E-state index is -4.38. The van der Waals surface area contributed by atoms with E-state index < -0.39 is 11.7 Å². The standard InChI is InChI=1S/C20H16F3N3/c1-3-9-24-17-11-18-15(13-26(2)19(18)25-12-17)8-7-14-5-4-6-16(10-14)20(21,22)23/h3-6,10-13,24H,1,9H2,2H3. The van der Waals surface area contributed by atoms with Crippen LogP contribution in [0.5, 0.6) is 0 Å². The minimum absolute atomic E-state index is 0.311. The largest absolute Gasteiger partial charge is 0.416 e. The maximum atomic E-state index is 12.8. The van der Waals surface area contributed by atoms with Gasteiger partial charge < -0.3 is 9.88 Å². The summed E-state index contributed by atoms with van der Waals surface area (Å²) in [4.78, 5) is 4.41. The number of benzene rings is 1. The zero-order valence-corrected chi connectivity index (χ0v) is 14.1. The number of aryl methyl sites for hydroxylation is 1. The van der Waals surface area contributed by atoms with Crippen LogP contribution >= 0.6 is 0 Å². The molecule has 3 rings (SSSR count). The third-order valence-corrected chi connectivity index (χ3v) is 3.80. The van der Waals surface area contributed by atoms with Gasteiger partial charge in [0.25, 0.3) is 0 Å². The summed E-state index contributed by atoms with van der Waals surface area (Å²) in [6.07, 6.45) is 0.891. The second-order valence-corrected chi connectivity index (χ2v) is 5.75. The van der Waals surface area contributed by atoms with Crippen LogP contribution in [0.3, 0.4) is 0 Å². The molecule has 2 heterocycles. The number of anilines is 1. The van der Waals surface area contributed by atoms with Crippen LogP contribution in [-0.2, 0) is 13.2 Å². The first-order chi connectivity index (χ1) is 12.4. The lowest BCUT2D eigenvalue weighted by molar-refractivity contribution is -0.137. The van der Waals surface area contributed by atoms with Crippen molar-refractivity contribution in [3.8, 4) is 11.8 Å². The van der Waals surface area contributed by atoms with Crippen LogP contribution in [-0.4, -0.2) is 16.1 Å². The highest BCUT2D eigenvalue weighted by Gasteiger charge is 2.30. The van der Waals surface area contributed by atoms with Gasteiger partial charge in [0.2, 0.25) is 0 Å². The van der Waals surface area contributed by atoms with Crippen LogP contribution in [0.2, 0.25) is 0 Å². The van der Waals surface area contributed by atoms with Crippen LogP contribution in [0.25, 0.3) is 11.0 Å². The first-order valence-corrected chi connectivity index (χ1v) is 7.87. The molecule has 0 radical (unpaired) electrons. The van der Waals surface area contributed by atoms with E-state index >= 15 is 0 Å². The molecule has 26 heavy (non-hydrogen) atoms. The molecule has 0 aliphatic rings. The summed E-state index contributed by atoms with van der Waals surface area (Å²) in [5.74, 6) is 5.77. The van der Waals surface area contributed by atoms with Gasteiger partial charge in [0.15, 0.2) is 0 Å². The highest BCUT2D eigenvalue weighted by Crippen LogP contribution is 2.29. The highest BCUT2D eigenvalue weighted by molar-refractivity contribution is 5.86. The Morgan fingerprint density at radius 2 is 2.08 bits per heavy atom. The van der Waals surface area contributed by atoms with Crippen molar-refractivity contribution >= 4 is 16.7 Å². The molecule has 0 saturated carbocycles. The molecule has 6 heteroatoms. The van der Waals surface area contributed by atoms with E-state index in [1.807, 2.05) is 23.9 Å². The van der Waals surface area contributed by atoms with Gasteiger partial charge in [-0.2, -0.15) is 13.2 Å². The smallest absolute Gasteiger partial charge is 0.380 e. The molecule has 0 aliphatic carbocycles. The average molecular weight is 355 g/mol. The Hall–Kier alpha value is -3.20. The Morgan fingerprint density at radius 3 is 2.81 bits per heavy atom. The molecular formula is C20H16F3N3. The third-order valence-electron chi connectivity index (χ3n) is 3.80. The Labute approximate surface area is 149 Å². The van der Waals surface area contributed by atoms with E-state index in [0.29, 0.717) is 17.7 Å². The van der Waals surface area contributed by atoms with Crippen molar-refractivity contribution in [2.45, 2.75) is 6.18 Å². The van der Waals surface area contributed by atoms with Crippen LogP contribution in [0.15, 0.2) is 55.4 Å². The van der Waals surface area contributed by atoms with Crippen molar-refractivity contribution in [2.24, 2.45) is 7.05 Å².